The fraction of sp³-hybridized carbons (Fsp3) is 0.222. The van der Waals surface area contributed by atoms with Crippen LogP contribution in [0.15, 0.2) is 41.4 Å². The third-order valence-corrected chi connectivity index (χ3v) is 4.54. The average molecular weight is 380 g/mol. The number of hydrogen-bond acceptors (Lipinski definition) is 3. The zero-order valence-corrected chi connectivity index (χ0v) is 14.6. The van der Waals surface area contributed by atoms with Crippen LogP contribution in [-0.2, 0) is 23.9 Å². The molecule has 0 aliphatic rings. The number of hydrogen-bond donors (Lipinski definition) is 2. The van der Waals surface area contributed by atoms with Crippen LogP contribution in [0, 0.1) is 6.92 Å². The van der Waals surface area contributed by atoms with Crippen LogP contribution in [0.5, 0.6) is 0 Å². The number of alkyl halides is 3. The van der Waals surface area contributed by atoms with E-state index in [1.807, 2.05) is 0 Å². The van der Waals surface area contributed by atoms with Crippen molar-refractivity contribution in [3.8, 4) is 0 Å². The Morgan fingerprint density at radius 1 is 1.31 bits per heavy atom. The summed E-state index contributed by atoms with van der Waals surface area (Å²) in [6.07, 6.45) is -3.20. The molecule has 1 aromatic carbocycles. The number of aliphatic carboxylic acids is 1. The fourth-order valence-electron chi connectivity index (χ4n) is 3.07. The van der Waals surface area contributed by atoms with Crippen LogP contribution in [0.2, 0.25) is 0 Å². The number of rotatable bonds is 4. The largest absolute Gasteiger partial charge is 0.481 e. The van der Waals surface area contributed by atoms with Gasteiger partial charge in [-0.05, 0) is 42.3 Å². The number of carboxylic acids is 1. The highest BCUT2D eigenvalue weighted by molar-refractivity contribution is 7.80. The van der Waals surface area contributed by atoms with Crippen LogP contribution in [0.3, 0.4) is 0 Å². The molecule has 0 amide bonds. The van der Waals surface area contributed by atoms with Crippen molar-refractivity contribution < 1.29 is 23.1 Å². The maximum atomic E-state index is 13.4. The van der Waals surface area contributed by atoms with Crippen molar-refractivity contribution in [2.45, 2.75) is 31.0 Å². The monoisotopic (exact) mass is 380 g/mol. The van der Waals surface area contributed by atoms with E-state index in [-0.39, 0.29) is 23.4 Å². The molecule has 136 valence electrons. The molecule has 0 saturated heterocycles. The molecule has 0 unspecified atom stereocenters. The van der Waals surface area contributed by atoms with Gasteiger partial charge in [0.25, 0.3) is 0 Å². The number of fused-ring (bicyclic) bond motifs is 1. The minimum absolute atomic E-state index is 0.0676. The van der Waals surface area contributed by atoms with Crippen molar-refractivity contribution in [1.82, 2.24) is 9.55 Å². The second-order valence-corrected chi connectivity index (χ2v) is 6.45. The third kappa shape index (κ3) is 3.41. The van der Waals surface area contributed by atoms with Crippen LogP contribution < -0.4 is 0 Å². The topological polar surface area (TPSA) is 55.1 Å². The lowest BCUT2D eigenvalue weighted by Gasteiger charge is -2.15. The first-order valence-corrected chi connectivity index (χ1v) is 8.16. The van der Waals surface area contributed by atoms with Crippen molar-refractivity contribution in [2.24, 2.45) is 0 Å². The van der Waals surface area contributed by atoms with E-state index in [1.54, 1.807) is 23.6 Å². The number of thiol groups is 1. The average Bonchev–Trinajstić information content (AvgIpc) is 2.81. The zero-order valence-electron chi connectivity index (χ0n) is 13.7. The summed E-state index contributed by atoms with van der Waals surface area (Å²) in [5.74, 6) is -1.01. The molecule has 0 spiro atoms. The highest BCUT2D eigenvalue weighted by Crippen LogP contribution is 2.35. The molecule has 1 N–H and O–H groups in total. The van der Waals surface area contributed by atoms with Gasteiger partial charge in [0, 0.05) is 28.7 Å². The van der Waals surface area contributed by atoms with Gasteiger partial charge in [-0.3, -0.25) is 4.79 Å². The van der Waals surface area contributed by atoms with Crippen LogP contribution in [0.1, 0.15) is 22.4 Å². The summed E-state index contributed by atoms with van der Waals surface area (Å²) in [6, 6.07) is 7.28. The standard InChI is InChI=1S/C18H15F3N2O2S/c1-10-14(8-16(24)25)13-3-2-6-22-17(13)23(10)9-11-4-5-12(26)7-15(11)18(19,20)21/h2-7,26H,8-9H2,1H3,(H,24,25). The Balaban J connectivity index is 2.17. The highest BCUT2D eigenvalue weighted by Gasteiger charge is 2.33. The molecule has 0 saturated carbocycles. The number of nitrogens with zero attached hydrogens (tertiary/aromatic N) is 2. The molecule has 0 aliphatic carbocycles. The minimum Gasteiger partial charge on any atom is -0.481 e. The van der Waals surface area contributed by atoms with Gasteiger partial charge in [-0.1, -0.05) is 6.07 Å². The minimum atomic E-state index is -4.51. The molecule has 26 heavy (non-hydrogen) atoms. The van der Waals surface area contributed by atoms with E-state index in [1.165, 1.54) is 18.3 Å². The third-order valence-electron chi connectivity index (χ3n) is 4.26. The Kier molecular flexibility index (Phi) is 4.70. The molecular formula is C18H15F3N2O2S. The Labute approximate surface area is 152 Å². The van der Waals surface area contributed by atoms with Crippen molar-refractivity contribution in [1.29, 1.82) is 0 Å². The normalized spacial score (nSPS) is 11.9. The Morgan fingerprint density at radius 2 is 2.04 bits per heavy atom. The summed E-state index contributed by atoms with van der Waals surface area (Å²) < 4.78 is 41.8. The second-order valence-electron chi connectivity index (χ2n) is 5.93. The number of carbonyl (C=O) groups is 1. The van der Waals surface area contributed by atoms with Gasteiger partial charge in [0.05, 0.1) is 12.0 Å². The molecule has 2 aromatic heterocycles. The van der Waals surface area contributed by atoms with Gasteiger partial charge < -0.3 is 9.67 Å². The van der Waals surface area contributed by atoms with Gasteiger partial charge in [-0.25, -0.2) is 4.98 Å². The highest BCUT2D eigenvalue weighted by atomic mass is 32.1. The van der Waals surface area contributed by atoms with E-state index >= 15 is 0 Å². The Bertz CT molecular complexity index is 996. The lowest BCUT2D eigenvalue weighted by molar-refractivity contribution is -0.138. The Morgan fingerprint density at radius 3 is 2.69 bits per heavy atom. The number of aromatic nitrogens is 2. The van der Waals surface area contributed by atoms with Gasteiger partial charge in [0.15, 0.2) is 0 Å². The zero-order chi connectivity index (χ0) is 19.1. The maximum Gasteiger partial charge on any atom is 0.416 e. The van der Waals surface area contributed by atoms with Crippen molar-refractivity contribution >= 4 is 29.6 Å². The number of pyridine rings is 1. The Hall–Kier alpha value is -2.48. The maximum absolute atomic E-state index is 13.4. The van der Waals surface area contributed by atoms with Crippen LogP contribution in [0.25, 0.3) is 11.0 Å². The first kappa shape index (κ1) is 18.3. The van der Waals surface area contributed by atoms with E-state index in [0.717, 1.165) is 6.07 Å². The van der Waals surface area contributed by atoms with Gasteiger partial charge >= 0.3 is 12.1 Å². The molecule has 3 rings (SSSR count). The second kappa shape index (κ2) is 6.68. The van der Waals surface area contributed by atoms with Crippen molar-refractivity contribution in [3.05, 3.63) is 58.9 Å². The summed E-state index contributed by atoms with van der Waals surface area (Å²) >= 11 is 4.00. The molecule has 4 nitrogen and oxygen atoms in total. The van der Waals surface area contributed by atoms with Crippen LogP contribution in [-0.4, -0.2) is 20.6 Å². The molecule has 0 fully saturated rings. The summed E-state index contributed by atoms with van der Waals surface area (Å²) in [5.41, 5.74) is 0.915. The number of carboxylic acid groups (broad SMARTS) is 1. The molecule has 0 bridgehead atoms. The number of benzene rings is 1. The molecule has 0 aliphatic heterocycles. The summed E-state index contributed by atoms with van der Waals surface area (Å²) in [7, 11) is 0. The van der Waals surface area contributed by atoms with Crippen molar-refractivity contribution in [3.63, 3.8) is 0 Å². The SMILES string of the molecule is Cc1c(CC(=O)O)c2cccnc2n1Cc1ccc(S)cc1C(F)(F)F. The molecule has 2 heterocycles. The van der Waals surface area contributed by atoms with Crippen LogP contribution >= 0.6 is 12.6 Å². The van der Waals surface area contributed by atoms with E-state index in [0.29, 0.717) is 22.3 Å². The molecule has 3 aromatic rings. The first-order chi connectivity index (χ1) is 12.2. The van der Waals surface area contributed by atoms with Gasteiger partial charge in [0.1, 0.15) is 5.65 Å². The summed E-state index contributed by atoms with van der Waals surface area (Å²) in [4.78, 5) is 15.6. The van der Waals surface area contributed by atoms with Gasteiger partial charge in [-0.15, -0.1) is 12.6 Å². The van der Waals surface area contributed by atoms with E-state index in [2.05, 4.69) is 17.6 Å². The predicted octanol–water partition coefficient (Wildman–Crippen LogP) is 4.33. The molecule has 0 atom stereocenters. The summed E-state index contributed by atoms with van der Waals surface area (Å²) in [6.45, 7) is 1.63. The van der Waals surface area contributed by atoms with E-state index < -0.39 is 17.7 Å². The smallest absolute Gasteiger partial charge is 0.416 e. The predicted molar refractivity (Wildman–Crippen MR) is 93.6 cm³/mol. The van der Waals surface area contributed by atoms with Crippen molar-refractivity contribution in [2.75, 3.05) is 0 Å². The lowest BCUT2D eigenvalue weighted by atomic mass is 10.1. The van der Waals surface area contributed by atoms with Crippen LogP contribution in [0.4, 0.5) is 13.2 Å². The van der Waals surface area contributed by atoms with Gasteiger partial charge in [0.2, 0.25) is 0 Å². The quantitative estimate of drug-likeness (QED) is 0.663. The fourth-order valence-corrected chi connectivity index (χ4v) is 3.27. The number of halogens is 3. The lowest BCUT2D eigenvalue weighted by Crippen LogP contribution is -2.13. The summed E-state index contributed by atoms with van der Waals surface area (Å²) in [5, 5.41) is 9.78. The molecular weight excluding hydrogens is 365 g/mol. The first-order valence-electron chi connectivity index (χ1n) is 7.72. The van der Waals surface area contributed by atoms with Gasteiger partial charge in [-0.2, -0.15) is 13.2 Å². The van der Waals surface area contributed by atoms with E-state index in [9.17, 15) is 18.0 Å². The van der Waals surface area contributed by atoms with E-state index in [4.69, 9.17) is 5.11 Å². The molecule has 0 radical (unpaired) electrons. The molecule has 8 heteroatoms.